The van der Waals surface area contributed by atoms with Gasteiger partial charge in [0.05, 0.1) is 17.5 Å². The molecule has 0 fully saturated rings. The van der Waals surface area contributed by atoms with Gasteiger partial charge in [-0.2, -0.15) is 0 Å². The Morgan fingerprint density at radius 3 is 2.73 bits per heavy atom. The summed E-state index contributed by atoms with van der Waals surface area (Å²) in [6, 6.07) is 13.2. The molecule has 3 rings (SSSR count). The van der Waals surface area contributed by atoms with Gasteiger partial charge in [-0.25, -0.2) is 8.42 Å². The van der Waals surface area contributed by atoms with Crippen LogP contribution in [-0.4, -0.2) is 27.1 Å². The van der Waals surface area contributed by atoms with Crippen molar-refractivity contribution < 1.29 is 13.2 Å². The molecule has 5 nitrogen and oxygen atoms in total. The summed E-state index contributed by atoms with van der Waals surface area (Å²) in [4.78, 5) is 12.6. The molecular weight excluding hydrogens is 348 g/mol. The van der Waals surface area contributed by atoms with E-state index in [0.717, 1.165) is 24.8 Å². The molecule has 0 spiro atoms. The molecule has 6 heteroatoms. The molecule has 1 amide bonds. The van der Waals surface area contributed by atoms with Crippen LogP contribution in [0.4, 0.5) is 5.69 Å². The zero-order chi connectivity index (χ0) is 18.7. The minimum absolute atomic E-state index is 0.0395. The van der Waals surface area contributed by atoms with E-state index in [1.54, 1.807) is 18.2 Å². The Hall–Kier alpha value is -2.34. The van der Waals surface area contributed by atoms with E-state index in [0.29, 0.717) is 5.69 Å². The monoisotopic (exact) mass is 372 g/mol. The lowest BCUT2D eigenvalue weighted by atomic mass is 9.88. The lowest BCUT2D eigenvalue weighted by Gasteiger charge is -2.26. The molecule has 0 bridgehead atoms. The highest BCUT2D eigenvalue weighted by Gasteiger charge is 2.21. The lowest BCUT2D eigenvalue weighted by molar-refractivity contribution is -0.120. The molecule has 138 valence electrons. The van der Waals surface area contributed by atoms with E-state index in [2.05, 4.69) is 22.8 Å². The summed E-state index contributed by atoms with van der Waals surface area (Å²) >= 11 is 0. The SMILES string of the molecule is Cc1ccc(S(C)(=O)=O)cc1NCC(=O)N[C@H]1CCCc2ccccc21. The Labute approximate surface area is 154 Å². The summed E-state index contributed by atoms with van der Waals surface area (Å²) < 4.78 is 23.4. The molecule has 2 N–H and O–H groups in total. The predicted octanol–water partition coefficient (Wildman–Crippen LogP) is 3.00. The second kappa shape index (κ2) is 7.50. The first-order valence-corrected chi connectivity index (χ1v) is 10.7. The second-order valence-corrected chi connectivity index (χ2v) is 8.83. The number of benzene rings is 2. The van der Waals surface area contributed by atoms with Crippen molar-refractivity contribution in [1.82, 2.24) is 5.32 Å². The van der Waals surface area contributed by atoms with E-state index >= 15 is 0 Å². The number of carbonyl (C=O) groups is 1. The van der Waals surface area contributed by atoms with Gasteiger partial charge in [0, 0.05) is 11.9 Å². The summed E-state index contributed by atoms with van der Waals surface area (Å²) in [7, 11) is -3.28. The van der Waals surface area contributed by atoms with Gasteiger partial charge in [-0.15, -0.1) is 0 Å². The summed E-state index contributed by atoms with van der Waals surface area (Å²) in [5, 5.41) is 6.15. The number of anilines is 1. The normalized spacial score (nSPS) is 16.6. The maximum absolute atomic E-state index is 12.4. The molecule has 1 aliphatic rings. The highest BCUT2D eigenvalue weighted by atomic mass is 32.2. The smallest absolute Gasteiger partial charge is 0.239 e. The quantitative estimate of drug-likeness (QED) is 0.846. The van der Waals surface area contributed by atoms with Crippen molar-refractivity contribution in [2.75, 3.05) is 18.1 Å². The average molecular weight is 372 g/mol. The number of rotatable bonds is 5. The van der Waals surface area contributed by atoms with E-state index in [-0.39, 0.29) is 23.4 Å². The zero-order valence-corrected chi connectivity index (χ0v) is 15.9. The van der Waals surface area contributed by atoms with Gasteiger partial charge in [-0.3, -0.25) is 4.79 Å². The van der Waals surface area contributed by atoms with Crippen molar-refractivity contribution >= 4 is 21.4 Å². The van der Waals surface area contributed by atoms with Crippen LogP contribution in [-0.2, 0) is 21.1 Å². The van der Waals surface area contributed by atoms with Crippen LogP contribution in [0.2, 0.25) is 0 Å². The molecule has 0 saturated carbocycles. The van der Waals surface area contributed by atoms with Gasteiger partial charge in [0.15, 0.2) is 9.84 Å². The van der Waals surface area contributed by atoms with Gasteiger partial charge in [-0.1, -0.05) is 30.3 Å². The fourth-order valence-corrected chi connectivity index (χ4v) is 3.99. The molecule has 26 heavy (non-hydrogen) atoms. The van der Waals surface area contributed by atoms with Crippen molar-refractivity contribution in [2.45, 2.75) is 37.1 Å². The summed E-state index contributed by atoms with van der Waals surface area (Å²) in [6.07, 6.45) is 4.23. The van der Waals surface area contributed by atoms with Crippen LogP contribution in [0, 0.1) is 6.92 Å². The van der Waals surface area contributed by atoms with Crippen LogP contribution < -0.4 is 10.6 Å². The molecular formula is C20H24N2O3S. The number of aryl methyl sites for hydroxylation is 2. The van der Waals surface area contributed by atoms with Crippen molar-refractivity contribution in [2.24, 2.45) is 0 Å². The predicted molar refractivity (Wildman–Crippen MR) is 103 cm³/mol. The topological polar surface area (TPSA) is 75.3 Å². The second-order valence-electron chi connectivity index (χ2n) is 6.81. The highest BCUT2D eigenvalue weighted by Crippen LogP contribution is 2.29. The van der Waals surface area contributed by atoms with Gasteiger partial charge >= 0.3 is 0 Å². The van der Waals surface area contributed by atoms with Gasteiger partial charge < -0.3 is 10.6 Å². The summed E-state index contributed by atoms with van der Waals surface area (Å²) in [5.41, 5.74) is 4.05. The van der Waals surface area contributed by atoms with Gasteiger partial charge in [-0.05, 0) is 55.0 Å². The number of amides is 1. The largest absolute Gasteiger partial charge is 0.376 e. The minimum atomic E-state index is -3.28. The minimum Gasteiger partial charge on any atom is -0.376 e. The number of sulfone groups is 1. The Morgan fingerprint density at radius 1 is 1.19 bits per heavy atom. The van der Waals surface area contributed by atoms with E-state index < -0.39 is 9.84 Å². The maximum Gasteiger partial charge on any atom is 0.239 e. The van der Waals surface area contributed by atoms with Crippen LogP contribution in [0.3, 0.4) is 0 Å². The first kappa shape index (κ1) is 18.5. The van der Waals surface area contributed by atoms with Gasteiger partial charge in [0.2, 0.25) is 5.91 Å². The van der Waals surface area contributed by atoms with Gasteiger partial charge in [0.25, 0.3) is 0 Å². The number of nitrogens with one attached hydrogen (secondary N) is 2. The zero-order valence-electron chi connectivity index (χ0n) is 15.1. The fourth-order valence-electron chi connectivity index (χ4n) is 3.35. The molecule has 1 atom stereocenters. The average Bonchev–Trinajstić information content (AvgIpc) is 2.60. The van der Waals surface area contributed by atoms with E-state index in [1.165, 1.54) is 17.4 Å². The first-order chi connectivity index (χ1) is 12.3. The van der Waals surface area contributed by atoms with Crippen molar-refractivity contribution in [3.8, 4) is 0 Å². The van der Waals surface area contributed by atoms with Crippen LogP contribution in [0.5, 0.6) is 0 Å². The van der Waals surface area contributed by atoms with Crippen molar-refractivity contribution in [3.05, 3.63) is 59.2 Å². The van der Waals surface area contributed by atoms with Gasteiger partial charge in [0.1, 0.15) is 0 Å². The third-order valence-electron chi connectivity index (χ3n) is 4.78. The van der Waals surface area contributed by atoms with Crippen LogP contribution in [0.1, 0.15) is 35.6 Å². The van der Waals surface area contributed by atoms with Crippen molar-refractivity contribution in [1.29, 1.82) is 0 Å². The molecule has 2 aromatic rings. The van der Waals surface area contributed by atoms with E-state index in [9.17, 15) is 13.2 Å². The standard InChI is InChI=1S/C20H24N2O3S/c1-14-10-11-16(26(2,24)25)12-19(14)21-13-20(23)22-18-9-5-7-15-6-3-4-8-17(15)18/h3-4,6,8,10-12,18,21H,5,7,9,13H2,1-2H3,(H,22,23)/t18-/m0/s1. The summed E-state index contributed by atoms with van der Waals surface area (Å²) in [6.45, 7) is 1.98. The molecule has 0 heterocycles. The van der Waals surface area contributed by atoms with Crippen LogP contribution in [0.15, 0.2) is 47.4 Å². The Bertz CT molecular complexity index is 922. The summed E-state index contributed by atoms with van der Waals surface area (Å²) in [5.74, 6) is -0.101. The number of hydrogen-bond donors (Lipinski definition) is 2. The number of fused-ring (bicyclic) bond motifs is 1. The van der Waals surface area contributed by atoms with E-state index in [4.69, 9.17) is 0 Å². The van der Waals surface area contributed by atoms with Crippen LogP contribution >= 0.6 is 0 Å². The molecule has 0 unspecified atom stereocenters. The van der Waals surface area contributed by atoms with Crippen LogP contribution in [0.25, 0.3) is 0 Å². The molecule has 2 aromatic carbocycles. The van der Waals surface area contributed by atoms with E-state index in [1.807, 2.05) is 19.1 Å². The lowest BCUT2D eigenvalue weighted by Crippen LogP contribution is -2.35. The first-order valence-electron chi connectivity index (χ1n) is 8.76. The molecule has 1 aliphatic carbocycles. The number of hydrogen-bond acceptors (Lipinski definition) is 4. The Balaban J connectivity index is 1.65. The molecule has 0 saturated heterocycles. The maximum atomic E-state index is 12.4. The third kappa shape index (κ3) is 4.25. The number of carbonyl (C=O) groups excluding carboxylic acids is 1. The fraction of sp³-hybridized carbons (Fsp3) is 0.350. The van der Waals surface area contributed by atoms with Crippen molar-refractivity contribution in [3.63, 3.8) is 0 Å². The molecule has 0 aromatic heterocycles. The molecule has 0 aliphatic heterocycles. The molecule has 0 radical (unpaired) electrons. The Morgan fingerprint density at radius 2 is 1.96 bits per heavy atom. The third-order valence-corrected chi connectivity index (χ3v) is 5.89. The highest BCUT2D eigenvalue weighted by molar-refractivity contribution is 7.90. The Kier molecular flexibility index (Phi) is 5.32.